The standard InChI is InChI=1S/C18H21NO3.C2HF3O2/c20-18(21)9-11-19-14-16-7-4-8-17(13-16)22-12-10-15-5-2-1-3-6-15;3-2(4,5)1(6)7/h1-8,13,19H,9-12,14H2,(H,20,21);(H,6,7). The molecule has 0 bridgehead atoms. The number of carbonyl (C=O) groups is 2. The largest absolute Gasteiger partial charge is 0.493 e. The van der Waals surface area contributed by atoms with Crippen molar-refractivity contribution in [3.8, 4) is 5.75 Å². The van der Waals surface area contributed by atoms with E-state index in [1.807, 2.05) is 42.5 Å². The quantitative estimate of drug-likeness (QED) is 0.545. The number of ether oxygens (including phenoxy) is 1. The van der Waals surface area contributed by atoms with Gasteiger partial charge in [-0.25, -0.2) is 4.79 Å². The number of halogens is 3. The van der Waals surface area contributed by atoms with Crippen LogP contribution in [0.15, 0.2) is 54.6 Å². The molecule has 158 valence electrons. The van der Waals surface area contributed by atoms with Crippen LogP contribution in [-0.4, -0.2) is 41.5 Å². The number of benzene rings is 2. The Bertz CT molecular complexity index is 766. The highest BCUT2D eigenvalue weighted by atomic mass is 19.4. The third-order valence-electron chi connectivity index (χ3n) is 3.49. The lowest BCUT2D eigenvalue weighted by Gasteiger charge is -2.09. The lowest BCUT2D eigenvalue weighted by molar-refractivity contribution is -0.192. The molecule has 0 amide bonds. The Kier molecular flexibility index (Phi) is 10.2. The first kappa shape index (κ1) is 24.0. The van der Waals surface area contributed by atoms with Crippen LogP contribution in [0.4, 0.5) is 13.2 Å². The molecule has 0 heterocycles. The van der Waals surface area contributed by atoms with Gasteiger partial charge >= 0.3 is 18.1 Å². The molecule has 0 saturated heterocycles. The lowest BCUT2D eigenvalue weighted by atomic mass is 10.2. The zero-order valence-corrected chi connectivity index (χ0v) is 15.5. The molecule has 2 rings (SSSR count). The summed E-state index contributed by atoms with van der Waals surface area (Å²) < 4.78 is 37.5. The molecule has 0 aliphatic heterocycles. The van der Waals surface area contributed by atoms with E-state index >= 15 is 0 Å². The minimum absolute atomic E-state index is 0.132. The highest BCUT2D eigenvalue weighted by Crippen LogP contribution is 2.14. The Balaban J connectivity index is 0.000000516. The summed E-state index contributed by atoms with van der Waals surface area (Å²) in [5.41, 5.74) is 2.34. The van der Waals surface area contributed by atoms with Gasteiger partial charge < -0.3 is 20.3 Å². The molecule has 0 aromatic heterocycles. The number of rotatable bonds is 9. The number of hydrogen-bond acceptors (Lipinski definition) is 4. The second-order valence-corrected chi connectivity index (χ2v) is 5.85. The van der Waals surface area contributed by atoms with Gasteiger partial charge in [0.1, 0.15) is 5.75 Å². The molecule has 6 nitrogen and oxygen atoms in total. The molecule has 0 saturated carbocycles. The van der Waals surface area contributed by atoms with Crippen LogP contribution in [0.5, 0.6) is 5.75 Å². The van der Waals surface area contributed by atoms with Crippen molar-refractivity contribution in [1.29, 1.82) is 0 Å². The third kappa shape index (κ3) is 11.4. The highest BCUT2D eigenvalue weighted by Gasteiger charge is 2.38. The Morgan fingerprint density at radius 3 is 2.17 bits per heavy atom. The second kappa shape index (κ2) is 12.4. The van der Waals surface area contributed by atoms with Gasteiger partial charge in [-0.1, -0.05) is 42.5 Å². The Labute approximate surface area is 165 Å². The maximum atomic E-state index is 10.6. The topological polar surface area (TPSA) is 95.9 Å². The monoisotopic (exact) mass is 413 g/mol. The van der Waals surface area contributed by atoms with Crippen LogP contribution in [0, 0.1) is 0 Å². The molecule has 3 N–H and O–H groups in total. The third-order valence-corrected chi connectivity index (χ3v) is 3.49. The number of aliphatic carboxylic acids is 2. The average Bonchev–Trinajstić information content (AvgIpc) is 2.66. The van der Waals surface area contributed by atoms with Crippen LogP contribution >= 0.6 is 0 Å². The normalized spacial score (nSPS) is 10.6. The van der Waals surface area contributed by atoms with Gasteiger partial charge in [-0.2, -0.15) is 13.2 Å². The van der Waals surface area contributed by atoms with Gasteiger partial charge in [0, 0.05) is 19.5 Å². The predicted octanol–water partition coefficient (Wildman–Crippen LogP) is 3.51. The fourth-order valence-corrected chi connectivity index (χ4v) is 2.10. The molecule has 2 aromatic carbocycles. The van der Waals surface area contributed by atoms with E-state index in [1.165, 1.54) is 5.56 Å². The van der Waals surface area contributed by atoms with Gasteiger partial charge in [0.25, 0.3) is 0 Å². The fourth-order valence-electron chi connectivity index (χ4n) is 2.10. The van der Waals surface area contributed by atoms with Crippen molar-refractivity contribution in [3.05, 3.63) is 65.7 Å². The molecule has 2 aromatic rings. The van der Waals surface area contributed by atoms with Crippen LogP contribution in [0.2, 0.25) is 0 Å². The molecule has 0 aliphatic rings. The van der Waals surface area contributed by atoms with Crippen molar-refractivity contribution in [2.45, 2.75) is 25.6 Å². The summed E-state index contributed by atoms with van der Waals surface area (Å²) in [6.45, 7) is 1.75. The molecule has 0 aliphatic carbocycles. The van der Waals surface area contributed by atoms with Crippen LogP contribution in [0.25, 0.3) is 0 Å². The maximum absolute atomic E-state index is 10.6. The summed E-state index contributed by atoms with van der Waals surface area (Å²) in [5, 5.41) is 18.8. The summed E-state index contributed by atoms with van der Waals surface area (Å²) in [4.78, 5) is 19.3. The van der Waals surface area contributed by atoms with Crippen molar-refractivity contribution in [1.82, 2.24) is 5.32 Å². The van der Waals surface area contributed by atoms with E-state index < -0.39 is 18.1 Å². The predicted molar refractivity (Wildman–Crippen MR) is 99.7 cm³/mol. The van der Waals surface area contributed by atoms with E-state index in [4.69, 9.17) is 19.7 Å². The molecule has 9 heteroatoms. The van der Waals surface area contributed by atoms with Gasteiger partial charge in [0.15, 0.2) is 0 Å². The summed E-state index contributed by atoms with van der Waals surface area (Å²) in [6.07, 6.45) is -4.07. The fraction of sp³-hybridized carbons (Fsp3) is 0.300. The number of hydrogen-bond donors (Lipinski definition) is 3. The van der Waals surface area contributed by atoms with Crippen molar-refractivity contribution in [2.75, 3.05) is 13.2 Å². The maximum Gasteiger partial charge on any atom is 0.490 e. The average molecular weight is 413 g/mol. The first-order chi connectivity index (χ1) is 13.7. The van der Waals surface area contributed by atoms with E-state index in [9.17, 15) is 18.0 Å². The Morgan fingerprint density at radius 1 is 0.966 bits per heavy atom. The number of carboxylic acids is 2. The highest BCUT2D eigenvalue weighted by molar-refractivity contribution is 5.73. The molecule has 0 spiro atoms. The SMILES string of the molecule is O=C(O)C(F)(F)F.O=C(O)CCNCc1cccc(OCCc2ccccc2)c1. The summed E-state index contributed by atoms with van der Waals surface area (Å²) in [6, 6.07) is 18.1. The number of nitrogens with one attached hydrogen (secondary N) is 1. The molecule has 0 fully saturated rings. The zero-order valence-electron chi connectivity index (χ0n) is 15.5. The molecular formula is C20H22F3NO5. The Morgan fingerprint density at radius 2 is 1.59 bits per heavy atom. The van der Waals surface area contributed by atoms with Crippen molar-refractivity contribution in [3.63, 3.8) is 0 Å². The van der Waals surface area contributed by atoms with Crippen LogP contribution in [0.3, 0.4) is 0 Å². The molecule has 0 unspecified atom stereocenters. The smallest absolute Gasteiger partial charge is 0.490 e. The number of carboxylic acid groups (broad SMARTS) is 2. The van der Waals surface area contributed by atoms with Crippen LogP contribution in [-0.2, 0) is 22.6 Å². The summed E-state index contributed by atoms with van der Waals surface area (Å²) >= 11 is 0. The van der Waals surface area contributed by atoms with Crippen LogP contribution in [0.1, 0.15) is 17.5 Å². The van der Waals surface area contributed by atoms with Gasteiger partial charge in [-0.15, -0.1) is 0 Å². The van der Waals surface area contributed by atoms with E-state index in [1.54, 1.807) is 0 Å². The second-order valence-electron chi connectivity index (χ2n) is 5.85. The van der Waals surface area contributed by atoms with Crippen molar-refractivity contribution < 1.29 is 37.7 Å². The zero-order chi connectivity index (χ0) is 21.7. The Hall–Kier alpha value is -3.07. The summed E-state index contributed by atoms with van der Waals surface area (Å²) in [7, 11) is 0. The van der Waals surface area contributed by atoms with Gasteiger partial charge in [-0.05, 0) is 23.3 Å². The molecule has 0 atom stereocenters. The molecule has 29 heavy (non-hydrogen) atoms. The number of alkyl halides is 3. The van der Waals surface area contributed by atoms with Crippen molar-refractivity contribution >= 4 is 11.9 Å². The van der Waals surface area contributed by atoms with Gasteiger partial charge in [0.05, 0.1) is 13.0 Å². The van der Waals surface area contributed by atoms with E-state index in [0.29, 0.717) is 19.7 Å². The molecular weight excluding hydrogens is 391 g/mol. The lowest BCUT2D eigenvalue weighted by Crippen LogP contribution is -2.21. The first-order valence-electron chi connectivity index (χ1n) is 8.67. The van der Waals surface area contributed by atoms with Gasteiger partial charge in [0.2, 0.25) is 0 Å². The van der Waals surface area contributed by atoms with E-state index in [0.717, 1.165) is 17.7 Å². The minimum Gasteiger partial charge on any atom is -0.493 e. The minimum atomic E-state index is -5.08. The van der Waals surface area contributed by atoms with Crippen LogP contribution < -0.4 is 10.1 Å². The summed E-state index contributed by atoms with van der Waals surface area (Å²) in [5.74, 6) is -2.70. The first-order valence-corrected chi connectivity index (χ1v) is 8.67. The molecule has 0 radical (unpaired) electrons. The van der Waals surface area contributed by atoms with Gasteiger partial charge in [-0.3, -0.25) is 4.79 Å². The van der Waals surface area contributed by atoms with E-state index in [-0.39, 0.29) is 6.42 Å². The van der Waals surface area contributed by atoms with Crippen molar-refractivity contribution in [2.24, 2.45) is 0 Å². The van der Waals surface area contributed by atoms with E-state index in [2.05, 4.69) is 17.4 Å².